The molecular formula is C22H31N3O3S2. The Kier molecular flexibility index (Phi) is 7.02. The molecule has 2 heterocycles. The van der Waals surface area contributed by atoms with Crippen LogP contribution in [0.25, 0.3) is 0 Å². The number of nitrogens with zero attached hydrogens (tertiary/aromatic N) is 1. The second kappa shape index (κ2) is 9.18. The molecule has 1 unspecified atom stereocenters. The Balaban J connectivity index is 1.77. The number of sulfonamides is 1. The average molecular weight is 450 g/mol. The predicted molar refractivity (Wildman–Crippen MR) is 121 cm³/mol. The number of benzene rings is 1. The van der Waals surface area contributed by atoms with Gasteiger partial charge in [-0.05, 0) is 82.8 Å². The van der Waals surface area contributed by atoms with Crippen LogP contribution in [-0.2, 0) is 10.0 Å². The van der Waals surface area contributed by atoms with E-state index in [-0.39, 0.29) is 16.8 Å². The third kappa shape index (κ3) is 5.69. The van der Waals surface area contributed by atoms with E-state index >= 15 is 0 Å². The summed E-state index contributed by atoms with van der Waals surface area (Å²) in [5, 5.41) is 5.10. The molecule has 1 aromatic carbocycles. The first-order valence-electron chi connectivity index (χ1n) is 10.3. The number of thiophene rings is 1. The molecule has 1 amide bonds. The molecule has 1 aromatic heterocycles. The van der Waals surface area contributed by atoms with Gasteiger partial charge in [0.15, 0.2) is 0 Å². The first-order valence-corrected chi connectivity index (χ1v) is 12.6. The van der Waals surface area contributed by atoms with Crippen molar-refractivity contribution >= 4 is 27.3 Å². The monoisotopic (exact) mass is 449 g/mol. The average Bonchev–Trinajstić information content (AvgIpc) is 3.34. The molecule has 1 aliphatic rings. The van der Waals surface area contributed by atoms with Gasteiger partial charge in [-0.2, -0.15) is 0 Å². The number of carbonyl (C=O) groups excluding carboxylic acids is 1. The lowest BCUT2D eigenvalue weighted by Crippen LogP contribution is -2.40. The quantitative estimate of drug-likeness (QED) is 0.676. The van der Waals surface area contributed by atoms with Crippen molar-refractivity contribution < 1.29 is 13.2 Å². The third-order valence-corrected chi connectivity index (χ3v) is 7.84. The van der Waals surface area contributed by atoms with E-state index in [0.717, 1.165) is 18.7 Å². The maximum Gasteiger partial charge on any atom is 0.251 e. The van der Waals surface area contributed by atoms with Gasteiger partial charge in [0.05, 0.1) is 10.9 Å². The molecule has 1 atom stereocenters. The summed E-state index contributed by atoms with van der Waals surface area (Å²) in [5.41, 5.74) is 0.532. The summed E-state index contributed by atoms with van der Waals surface area (Å²) >= 11 is 1.70. The van der Waals surface area contributed by atoms with Crippen molar-refractivity contribution in [3.63, 3.8) is 0 Å². The molecule has 3 rings (SSSR count). The second-order valence-electron chi connectivity index (χ2n) is 8.82. The van der Waals surface area contributed by atoms with Crippen LogP contribution in [0, 0.1) is 6.92 Å². The first-order chi connectivity index (χ1) is 14.1. The Labute approximate surface area is 183 Å². The maximum atomic E-state index is 13.0. The van der Waals surface area contributed by atoms with Gasteiger partial charge in [-0.25, -0.2) is 13.1 Å². The highest BCUT2D eigenvalue weighted by atomic mass is 32.2. The summed E-state index contributed by atoms with van der Waals surface area (Å²) in [7, 11) is -3.71. The van der Waals surface area contributed by atoms with Crippen LogP contribution in [0.5, 0.6) is 0 Å². The summed E-state index contributed by atoms with van der Waals surface area (Å²) in [6.45, 7) is 9.74. The molecule has 2 N–H and O–H groups in total. The molecule has 1 aliphatic heterocycles. The highest BCUT2D eigenvalue weighted by molar-refractivity contribution is 7.89. The molecule has 8 heteroatoms. The van der Waals surface area contributed by atoms with Gasteiger partial charge in [-0.15, -0.1) is 11.3 Å². The van der Waals surface area contributed by atoms with Crippen LogP contribution in [0.15, 0.2) is 40.6 Å². The molecule has 0 spiro atoms. The zero-order valence-electron chi connectivity index (χ0n) is 18.1. The van der Waals surface area contributed by atoms with Crippen LogP contribution in [-0.4, -0.2) is 44.4 Å². The number of aryl methyl sites for hydroxylation is 1. The van der Waals surface area contributed by atoms with Crippen LogP contribution >= 0.6 is 11.3 Å². The highest BCUT2D eigenvalue weighted by Gasteiger charge is 2.26. The van der Waals surface area contributed by atoms with Crippen LogP contribution in [0.4, 0.5) is 0 Å². The summed E-state index contributed by atoms with van der Waals surface area (Å²) in [6.07, 6.45) is 2.35. The van der Waals surface area contributed by atoms with Gasteiger partial charge < -0.3 is 5.32 Å². The Hall–Kier alpha value is -1.74. The van der Waals surface area contributed by atoms with Gasteiger partial charge in [-0.3, -0.25) is 9.69 Å². The minimum atomic E-state index is -3.71. The number of rotatable bonds is 7. The molecule has 0 bridgehead atoms. The molecule has 1 saturated heterocycles. The Morgan fingerprint density at radius 3 is 2.50 bits per heavy atom. The van der Waals surface area contributed by atoms with Gasteiger partial charge in [-0.1, -0.05) is 12.1 Å². The Morgan fingerprint density at radius 2 is 1.90 bits per heavy atom. The lowest BCUT2D eigenvalue weighted by atomic mass is 10.1. The maximum absolute atomic E-state index is 13.0. The zero-order chi connectivity index (χ0) is 21.9. The van der Waals surface area contributed by atoms with E-state index in [9.17, 15) is 13.2 Å². The van der Waals surface area contributed by atoms with Crippen LogP contribution in [0.1, 0.15) is 60.5 Å². The molecule has 2 aromatic rings. The van der Waals surface area contributed by atoms with Crippen molar-refractivity contribution in [2.45, 2.75) is 57.0 Å². The standard InChI is InChI=1S/C22H31N3O3S2/c1-16-9-10-17(30(27,28)24-22(2,3)4)14-18(16)21(26)23-15-19(20-8-7-13-29-20)25-11-5-6-12-25/h7-10,13-14,19,24H,5-6,11-12,15H2,1-4H3,(H,23,26). The number of nitrogens with one attached hydrogen (secondary N) is 2. The molecule has 164 valence electrons. The molecule has 1 fully saturated rings. The van der Waals surface area contributed by atoms with Crippen molar-refractivity contribution in [1.29, 1.82) is 0 Å². The van der Waals surface area contributed by atoms with Gasteiger partial charge >= 0.3 is 0 Å². The molecule has 6 nitrogen and oxygen atoms in total. The topological polar surface area (TPSA) is 78.5 Å². The van der Waals surface area contributed by atoms with Crippen LogP contribution in [0.3, 0.4) is 0 Å². The number of amides is 1. The van der Waals surface area contributed by atoms with E-state index in [1.807, 2.05) is 13.0 Å². The predicted octanol–water partition coefficient (Wildman–Crippen LogP) is 3.70. The van der Waals surface area contributed by atoms with Crippen molar-refractivity contribution in [2.75, 3.05) is 19.6 Å². The molecule has 0 radical (unpaired) electrons. The van der Waals surface area contributed by atoms with Gasteiger partial charge in [0.25, 0.3) is 5.91 Å². The minimum Gasteiger partial charge on any atom is -0.350 e. The van der Waals surface area contributed by atoms with E-state index in [1.165, 1.54) is 23.8 Å². The molecular weight excluding hydrogens is 418 g/mol. The Bertz CT molecular complexity index is 974. The van der Waals surface area contributed by atoms with Crippen molar-refractivity contribution in [3.8, 4) is 0 Å². The number of hydrogen-bond acceptors (Lipinski definition) is 5. The lowest BCUT2D eigenvalue weighted by Gasteiger charge is -2.27. The van der Waals surface area contributed by atoms with Crippen molar-refractivity contribution in [3.05, 3.63) is 51.7 Å². The minimum absolute atomic E-state index is 0.0996. The Morgan fingerprint density at radius 1 is 1.20 bits per heavy atom. The van der Waals surface area contributed by atoms with E-state index in [0.29, 0.717) is 12.1 Å². The normalized spacial score (nSPS) is 16.5. The fraction of sp³-hybridized carbons (Fsp3) is 0.500. The largest absolute Gasteiger partial charge is 0.350 e. The fourth-order valence-corrected chi connectivity index (χ4v) is 6.01. The van der Waals surface area contributed by atoms with Gasteiger partial charge in [0.2, 0.25) is 10.0 Å². The fourth-order valence-electron chi connectivity index (χ4n) is 3.70. The molecule has 30 heavy (non-hydrogen) atoms. The molecule has 0 saturated carbocycles. The highest BCUT2D eigenvalue weighted by Crippen LogP contribution is 2.28. The third-order valence-electron chi connectivity index (χ3n) is 5.11. The number of carbonyl (C=O) groups is 1. The van der Waals surface area contributed by atoms with Crippen LogP contribution < -0.4 is 10.0 Å². The van der Waals surface area contributed by atoms with E-state index in [1.54, 1.807) is 44.2 Å². The van der Waals surface area contributed by atoms with E-state index < -0.39 is 15.6 Å². The first kappa shape index (κ1) is 22.9. The van der Waals surface area contributed by atoms with Gasteiger partial charge in [0, 0.05) is 22.5 Å². The smallest absolute Gasteiger partial charge is 0.251 e. The number of hydrogen-bond donors (Lipinski definition) is 2. The summed E-state index contributed by atoms with van der Waals surface area (Å²) < 4.78 is 28.0. The van der Waals surface area contributed by atoms with E-state index in [4.69, 9.17) is 0 Å². The van der Waals surface area contributed by atoms with E-state index in [2.05, 4.69) is 26.4 Å². The summed E-state index contributed by atoms with van der Waals surface area (Å²) in [4.78, 5) is 16.7. The second-order valence-corrected chi connectivity index (χ2v) is 11.5. The van der Waals surface area contributed by atoms with Crippen molar-refractivity contribution in [1.82, 2.24) is 14.9 Å². The number of likely N-dealkylation sites (tertiary alicyclic amines) is 1. The SMILES string of the molecule is Cc1ccc(S(=O)(=O)NC(C)(C)C)cc1C(=O)NCC(c1cccs1)N1CCCC1. The summed E-state index contributed by atoms with van der Waals surface area (Å²) in [5.74, 6) is -0.249. The molecule has 0 aliphatic carbocycles. The van der Waals surface area contributed by atoms with Crippen LogP contribution in [0.2, 0.25) is 0 Å². The zero-order valence-corrected chi connectivity index (χ0v) is 19.7. The lowest BCUT2D eigenvalue weighted by molar-refractivity contribution is 0.0937. The summed E-state index contributed by atoms with van der Waals surface area (Å²) in [6, 6.07) is 8.98. The van der Waals surface area contributed by atoms with Crippen molar-refractivity contribution in [2.24, 2.45) is 0 Å². The van der Waals surface area contributed by atoms with Gasteiger partial charge in [0.1, 0.15) is 0 Å².